The SMILES string of the molecule is COc1ccc(-c2ccccc2/C=C/C=O)cc1OCc1ccccc1. The Kier molecular flexibility index (Phi) is 5.84. The number of aldehydes is 1. The Bertz CT molecular complexity index is 898. The summed E-state index contributed by atoms with van der Waals surface area (Å²) in [6.07, 6.45) is 4.07. The maximum absolute atomic E-state index is 10.7. The van der Waals surface area contributed by atoms with E-state index in [1.54, 1.807) is 13.2 Å². The second-order valence-electron chi connectivity index (χ2n) is 5.72. The molecule has 3 aromatic carbocycles. The molecule has 0 unspecified atom stereocenters. The maximum atomic E-state index is 10.7. The van der Waals surface area contributed by atoms with Crippen LogP contribution in [-0.2, 0) is 11.4 Å². The molecule has 130 valence electrons. The van der Waals surface area contributed by atoms with Crippen molar-refractivity contribution in [3.63, 3.8) is 0 Å². The van der Waals surface area contributed by atoms with Crippen LogP contribution in [0.15, 0.2) is 78.9 Å². The molecule has 0 N–H and O–H groups in total. The molecule has 0 bridgehead atoms. The van der Waals surface area contributed by atoms with Crippen molar-refractivity contribution in [2.45, 2.75) is 6.61 Å². The largest absolute Gasteiger partial charge is 0.493 e. The zero-order valence-corrected chi connectivity index (χ0v) is 14.6. The zero-order valence-electron chi connectivity index (χ0n) is 14.6. The second-order valence-corrected chi connectivity index (χ2v) is 5.72. The number of carbonyl (C=O) groups excluding carboxylic acids is 1. The molecule has 3 rings (SSSR count). The number of hydrogen-bond donors (Lipinski definition) is 0. The molecule has 0 saturated heterocycles. The molecule has 0 heterocycles. The topological polar surface area (TPSA) is 35.5 Å². The molecule has 3 aromatic rings. The van der Waals surface area contributed by atoms with Crippen LogP contribution in [0.1, 0.15) is 11.1 Å². The lowest BCUT2D eigenvalue weighted by Crippen LogP contribution is -1.98. The first-order chi connectivity index (χ1) is 12.8. The summed E-state index contributed by atoms with van der Waals surface area (Å²) in [6, 6.07) is 23.8. The third-order valence-electron chi connectivity index (χ3n) is 4.03. The van der Waals surface area contributed by atoms with Crippen molar-refractivity contribution in [1.82, 2.24) is 0 Å². The highest BCUT2D eigenvalue weighted by atomic mass is 16.5. The van der Waals surface area contributed by atoms with Crippen LogP contribution in [0.3, 0.4) is 0 Å². The fourth-order valence-electron chi connectivity index (χ4n) is 2.74. The van der Waals surface area contributed by atoms with Crippen LogP contribution >= 0.6 is 0 Å². The average molecular weight is 344 g/mol. The zero-order chi connectivity index (χ0) is 18.2. The van der Waals surface area contributed by atoms with Crippen LogP contribution in [0, 0.1) is 0 Å². The predicted octanol–water partition coefficient (Wildman–Crippen LogP) is 5.15. The van der Waals surface area contributed by atoms with E-state index in [0.29, 0.717) is 18.1 Å². The third kappa shape index (κ3) is 4.19. The quantitative estimate of drug-likeness (QED) is 0.439. The van der Waals surface area contributed by atoms with Crippen LogP contribution in [0.25, 0.3) is 17.2 Å². The Morgan fingerprint density at radius 2 is 1.65 bits per heavy atom. The fraction of sp³-hybridized carbons (Fsp3) is 0.0870. The van der Waals surface area contributed by atoms with Crippen molar-refractivity contribution in [2.24, 2.45) is 0 Å². The van der Waals surface area contributed by atoms with Gasteiger partial charge in [-0.2, -0.15) is 0 Å². The van der Waals surface area contributed by atoms with E-state index in [-0.39, 0.29) is 0 Å². The van der Waals surface area contributed by atoms with Crippen molar-refractivity contribution in [2.75, 3.05) is 7.11 Å². The van der Waals surface area contributed by atoms with E-state index in [2.05, 4.69) is 0 Å². The van der Waals surface area contributed by atoms with Crippen LogP contribution in [0.2, 0.25) is 0 Å². The lowest BCUT2D eigenvalue weighted by Gasteiger charge is -2.14. The van der Waals surface area contributed by atoms with Gasteiger partial charge in [-0.1, -0.05) is 66.7 Å². The number of ether oxygens (including phenoxy) is 2. The molecular formula is C23H20O3. The van der Waals surface area contributed by atoms with Gasteiger partial charge in [-0.3, -0.25) is 4.79 Å². The van der Waals surface area contributed by atoms with Gasteiger partial charge in [-0.05, 0) is 40.5 Å². The van der Waals surface area contributed by atoms with Crippen LogP contribution < -0.4 is 9.47 Å². The highest BCUT2D eigenvalue weighted by Crippen LogP contribution is 2.34. The lowest BCUT2D eigenvalue weighted by molar-refractivity contribution is -0.104. The van der Waals surface area contributed by atoms with E-state index >= 15 is 0 Å². The highest BCUT2D eigenvalue weighted by molar-refractivity contribution is 5.81. The first kappa shape index (κ1) is 17.5. The monoisotopic (exact) mass is 344 g/mol. The molecule has 26 heavy (non-hydrogen) atoms. The lowest BCUT2D eigenvalue weighted by atomic mass is 9.99. The van der Waals surface area contributed by atoms with E-state index in [0.717, 1.165) is 28.5 Å². The number of carbonyl (C=O) groups is 1. The van der Waals surface area contributed by atoms with Gasteiger partial charge in [-0.15, -0.1) is 0 Å². The predicted molar refractivity (Wildman–Crippen MR) is 104 cm³/mol. The summed E-state index contributed by atoms with van der Waals surface area (Å²) >= 11 is 0. The van der Waals surface area contributed by atoms with Crippen molar-refractivity contribution in [3.8, 4) is 22.6 Å². The molecule has 0 aromatic heterocycles. The van der Waals surface area contributed by atoms with E-state index in [4.69, 9.17) is 9.47 Å². The first-order valence-electron chi connectivity index (χ1n) is 8.38. The van der Waals surface area contributed by atoms with Crippen molar-refractivity contribution < 1.29 is 14.3 Å². The van der Waals surface area contributed by atoms with Gasteiger partial charge >= 0.3 is 0 Å². The molecule has 0 amide bonds. The number of methoxy groups -OCH3 is 1. The summed E-state index contributed by atoms with van der Waals surface area (Å²) in [5.74, 6) is 1.37. The maximum Gasteiger partial charge on any atom is 0.162 e. The molecule has 3 heteroatoms. The van der Waals surface area contributed by atoms with Crippen molar-refractivity contribution in [1.29, 1.82) is 0 Å². The highest BCUT2D eigenvalue weighted by Gasteiger charge is 2.09. The molecule has 0 spiro atoms. The molecule has 0 fully saturated rings. The van der Waals surface area contributed by atoms with Crippen molar-refractivity contribution >= 4 is 12.4 Å². The first-order valence-corrected chi connectivity index (χ1v) is 8.38. The summed E-state index contributed by atoms with van der Waals surface area (Å²) in [5, 5.41) is 0. The van der Waals surface area contributed by atoms with Gasteiger partial charge in [0.1, 0.15) is 12.9 Å². The molecule has 0 saturated carbocycles. The van der Waals surface area contributed by atoms with Crippen LogP contribution in [-0.4, -0.2) is 13.4 Å². The Labute approximate surface area is 153 Å². The van der Waals surface area contributed by atoms with Crippen LogP contribution in [0.5, 0.6) is 11.5 Å². The van der Waals surface area contributed by atoms with E-state index < -0.39 is 0 Å². The van der Waals surface area contributed by atoms with Gasteiger partial charge in [0, 0.05) is 0 Å². The van der Waals surface area contributed by atoms with Gasteiger partial charge in [0.15, 0.2) is 11.5 Å². The fourth-order valence-corrected chi connectivity index (χ4v) is 2.74. The summed E-state index contributed by atoms with van der Waals surface area (Å²) in [7, 11) is 1.63. The summed E-state index contributed by atoms with van der Waals surface area (Å²) in [5.41, 5.74) is 4.09. The molecule has 3 nitrogen and oxygen atoms in total. The molecule has 0 radical (unpaired) electrons. The number of allylic oxidation sites excluding steroid dienone is 1. The molecule has 0 aliphatic carbocycles. The average Bonchev–Trinajstić information content (AvgIpc) is 2.71. The van der Waals surface area contributed by atoms with Gasteiger partial charge in [0.25, 0.3) is 0 Å². The van der Waals surface area contributed by atoms with Crippen molar-refractivity contribution in [3.05, 3.63) is 90.0 Å². The van der Waals surface area contributed by atoms with E-state index in [1.165, 1.54) is 6.08 Å². The standard InChI is InChI=1S/C23H20O3/c1-25-22-14-13-20(21-12-6-5-10-19(21)11-7-15-24)16-23(22)26-17-18-8-3-2-4-9-18/h2-16H,17H2,1H3/b11-7+. The smallest absolute Gasteiger partial charge is 0.162 e. The van der Waals surface area contributed by atoms with Gasteiger partial charge < -0.3 is 9.47 Å². The molecular weight excluding hydrogens is 324 g/mol. The minimum absolute atomic E-state index is 0.466. The minimum Gasteiger partial charge on any atom is -0.493 e. The second kappa shape index (κ2) is 8.67. The third-order valence-corrected chi connectivity index (χ3v) is 4.03. The molecule has 0 aliphatic heterocycles. The van der Waals surface area contributed by atoms with E-state index in [9.17, 15) is 4.79 Å². The number of benzene rings is 3. The van der Waals surface area contributed by atoms with Crippen LogP contribution in [0.4, 0.5) is 0 Å². The summed E-state index contributed by atoms with van der Waals surface area (Å²) in [4.78, 5) is 10.7. The van der Waals surface area contributed by atoms with E-state index in [1.807, 2.05) is 72.8 Å². The Morgan fingerprint density at radius 1 is 0.885 bits per heavy atom. The number of hydrogen-bond acceptors (Lipinski definition) is 3. The van der Waals surface area contributed by atoms with Gasteiger partial charge in [0.05, 0.1) is 7.11 Å². The van der Waals surface area contributed by atoms with Gasteiger partial charge in [0.2, 0.25) is 0 Å². The Balaban J connectivity index is 1.92. The Hall–Kier alpha value is -3.33. The summed E-state index contributed by atoms with van der Waals surface area (Å²) < 4.78 is 11.4. The molecule has 0 atom stereocenters. The molecule has 0 aliphatic rings. The minimum atomic E-state index is 0.466. The summed E-state index contributed by atoms with van der Waals surface area (Å²) in [6.45, 7) is 0.466. The normalized spacial score (nSPS) is 10.7. The number of rotatable bonds is 7. The van der Waals surface area contributed by atoms with Gasteiger partial charge in [-0.25, -0.2) is 0 Å². The Morgan fingerprint density at radius 3 is 2.42 bits per heavy atom.